The van der Waals surface area contributed by atoms with Crippen molar-refractivity contribution in [3.63, 3.8) is 0 Å². The molecule has 0 aromatic heterocycles. The molecule has 2 saturated heterocycles. The van der Waals surface area contributed by atoms with E-state index in [0.29, 0.717) is 51.1 Å². The minimum absolute atomic E-state index is 0.00256. The first-order chi connectivity index (χ1) is 13.2. The van der Waals surface area contributed by atoms with Gasteiger partial charge >= 0.3 is 6.18 Å². The predicted molar refractivity (Wildman–Crippen MR) is 97.5 cm³/mol. The Morgan fingerprint density at radius 1 is 1.36 bits per heavy atom. The number of benzene rings is 1. The number of hydrogen-bond acceptors (Lipinski definition) is 4. The number of anilines is 1. The van der Waals surface area contributed by atoms with E-state index >= 15 is 0 Å². The van der Waals surface area contributed by atoms with Gasteiger partial charge in [-0.1, -0.05) is 6.92 Å². The number of alkyl halides is 3. The second-order valence-electron chi connectivity index (χ2n) is 7.70. The lowest BCUT2D eigenvalue weighted by Gasteiger charge is -2.43. The van der Waals surface area contributed by atoms with Crippen molar-refractivity contribution in [3.05, 3.63) is 29.3 Å². The highest BCUT2D eigenvalue weighted by Gasteiger charge is 2.48. The molecular weight excluding hydrogens is 371 g/mol. The number of carbonyl (C=O) groups excluding carboxylic acids is 1. The lowest BCUT2D eigenvalue weighted by molar-refractivity contribution is -0.137. The van der Waals surface area contributed by atoms with Crippen LogP contribution < -0.4 is 4.90 Å². The topological polar surface area (TPSA) is 67.6 Å². The number of nitrogens with zero attached hydrogens (tertiary/aromatic N) is 3. The van der Waals surface area contributed by atoms with Crippen molar-refractivity contribution in [1.82, 2.24) is 4.90 Å². The van der Waals surface area contributed by atoms with Gasteiger partial charge in [0.05, 0.1) is 17.2 Å². The Labute approximate surface area is 162 Å². The molecule has 1 atom stereocenters. The van der Waals surface area contributed by atoms with Crippen molar-refractivity contribution in [2.24, 2.45) is 11.3 Å². The molecule has 2 fully saturated rings. The van der Waals surface area contributed by atoms with Crippen molar-refractivity contribution >= 4 is 11.6 Å². The maximum absolute atomic E-state index is 13.2. The fourth-order valence-corrected chi connectivity index (χ4v) is 4.54. The summed E-state index contributed by atoms with van der Waals surface area (Å²) in [4.78, 5) is 15.8. The van der Waals surface area contributed by atoms with Crippen LogP contribution in [0.15, 0.2) is 18.2 Å². The molecule has 8 heteroatoms. The maximum Gasteiger partial charge on any atom is 0.417 e. The molecular formula is C20H24F3N3O2. The Bertz CT molecular complexity index is 780. The van der Waals surface area contributed by atoms with Gasteiger partial charge in [-0.3, -0.25) is 4.79 Å². The molecule has 0 saturated carbocycles. The fourth-order valence-electron chi connectivity index (χ4n) is 4.54. The minimum Gasteiger partial charge on any atom is -0.396 e. The number of rotatable bonds is 3. The van der Waals surface area contributed by atoms with Gasteiger partial charge in [-0.05, 0) is 36.5 Å². The second-order valence-corrected chi connectivity index (χ2v) is 7.70. The fraction of sp³-hybridized carbons (Fsp3) is 0.600. The molecule has 1 unspecified atom stereocenters. The number of hydrogen-bond donors (Lipinski definition) is 1. The first-order valence-electron chi connectivity index (χ1n) is 9.49. The van der Waals surface area contributed by atoms with Gasteiger partial charge in [0.1, 0.15) is 0 Å². The predicted octanol–water partition coefficient (Wildman–Crippen LogP) is 3.02. The first kappa shape index (κ1) is 20.5. The third-order valence-corrected chi connectivity index (χ3v) is 6.24. The van der Waals surface area contributed by atoms with Crippen molar-refractivity contribution in [1.29, 1.82) is 5.26 Å². The molecule has 28 heavy (non-hydrogen) atoms. The van der Waals surface area contributed by atoms with Gasteiger partial charge in [0, 0.05) is 50.8 Å². The highest BCUT2D eigenvalue weighted by atomic mass is 19.4. The average Bonchev–Trinajstić information content (AvgIpc) is 3.04. The molecule has 1 spiro atoms. The summed E-state index contributed by atoms with van der Waals surface area (Å²) in [7, 11) is 0. The number of halogens is 3. The SMILES string of the molecule is CCC(=O)N1CC(CO)C2(CCN(c3ccc(C#N)c(C(F)(F)F)c3)CC2)C1. The molecule has 1 aromatic carbocycles. The van der Waals surface area contributed by atoms with Crippen LogP contribution in [0.1, 0.15) is 37.3 Å². The number of aliphatic hydroxyl groups excluding tert-OH is 1. The van der Waals surface area contributed by atoms with Crippen molar-refractivity contribution in [3.8, 4) is 6.07 Å². The van der Waals surface area contributed by atoms with E-state index in [0.717, 1.165) is 6.07 Å². The molecule has 0 bridgehead atoms. The summed E-state index contributed by atoms with van der Waals surface area (Å²) in [5, 5.41) is 18.8. The van der Waals surface area contributed by atoms with E-state index in [1.54, 1.807) is 17.0 Å². The first-order valence-corrected chi connectivity index (χ1v) is 9.49. The van der Waals surface area contributed by atoms with Crippen LogP contribution in [0.5, 0.6) is 0 Å². The van der Waals surface area contributed by atoms with Gasteiger partial charge in [-0.15, -0.1) is 0 Å². The van der Waals surface area contributed by atoms with E-state index < -0.39 is 11.7 Å². The minimum atomic E-state index is -4.58. The summed E-state index contributed by atoms with van der Waals surface area (Å²) in [5.41, 5.74) is -1.03. The number of piperidine rings is 1. The number of likely N-dealkylation sites (tertiary alicyclic amines) is 1. The van der Waals surface area contributed by atoms with Gasteiger partial charge in [-0.2, -0.15) is 18.4 Å². The van der Waals surface area contributed by atoms with Crippen LogP contribution in [0.2, 0.25) is 0 Å². The largest absolute Gasteiger partial charge is 0.417 e. The van der Waals surface area contributed by atoms with Crippen LogP contribution in [-0.4, -0.2) is 48.7 Å². The van der Waals surface area contributed by atoms with Crippen LogP contribution in [0.4, 0.5) is 18.9 Å². The van der Waals surface area contributed by atoms with E-state index in [2.05, 4.69) is 0 Å². The van der Waals surface area contributed by atoms with Gasteiger partial charge in [0.15, 0.2) is 0 Å². The number of nitriles is 1. The monoisotopic (exact) mass is 395 g/mol. The Balaban J connectivity index is 1.77. The zero-order valence-electron chi connectivity index (χ0n) is 15.8. The lowest BCUT2D eigenvalue weighted by Crippen LogP contribution is -2.45. The molecule has 0 radical (unpaired) electrons. The molecule has 152 valence electrons. The second kappa shape index (κ2) is 7.63. The molecule has 5 nitrogen and oxygen atoms in total. The van der Waals surface area contributed by atoms with E-state index in [-0.39, 0.29) is 29.4 Å². The number of carbonyl (C=O) groups is 1. The summed E-state index contributed by atoms with van der Waals surface area (Å²) < 4.78 is 39.7. The van der Waals surface area contributed by atoms with Gasteiger partial charge < -0.3 is 14.9 Å². The highest BCUT2D eigenvalue weighted by Crippen LogP contribution is 2.45. The van der Waals surface area contributed by atoms with Gasteiger partial charge in [0.2, 0.25) is 5.91 Å². The third-order valence-electron chi connectivity index (χ3n) is 6.24. The van der Waals surface area contributed by atoms with E-state index in [1.165, 1.54) is 6.07 Å². The summed E-state index contributed by atoms with van der Waals surface area (Å²) in [6.45, 7) is 4.05. The zero-order valence-corrected chi connectivity index (χ0v) is 15.8. The third kappa shape index (κ3) is 3.68. The summed E-state index contributed by atoms with van der Waals surface area (Å²) >= 11 is 0. The normalized spacial score (nSPS) is 21.8. The molecule has 2 aliphatic rings. The van der Waals surface area contributed by atoms with Crippen LogP contribution in [0, 0.1) is 22.7 Å². The Morgan fingerprint density at radius 3 is 2.57 bits per heavy atom. The molecule has 1 aromatic rings. The van der Waals surface area contributed by atoms with Crippen LogP contribution >= 0.6 is 0 Å². The molecule has 2 aliphatic heterocycles. The smallest absolute Gasteiger partial charge is 0.396 e. The number of aliphatic hydroxyl groups is 1. The molecule has 3 rings (SSSR count). The summed E-state index contributed by atoms with van der Waals surface area (Å²) in [5.74, 6) is 0.0662. The molecule has 1 amide bonds. The van der Waals surface area contributed by atoms with E-state index in [9.17, 15) is 23.1 Å². The van der Waals surface area contributed by atoms with Crippen molar-refractivity contribution in [2.45, 2.75) is 32.4 Å². The standard InChI is InChI=1S/C20H24F3N3O2/c1-2-18(28)26-11-15(12-27)19(13-26)5-7-25(8-6-19)16-4-3-14(10-24)17(9-16)20(21,22)23/h3-4,9,15,27H,2,5-8,11-13H2,1H3. The van der Waals surface area contributed by atoms with Crippen molar-refractivity contribution < 1.29 is 23.1 Å². The van der Waals surface area contributed by atoms with Crippen LogP contribution in [0.25, 0.3) is 0 Å². The van der Waals surface area contributed by atoms with E-state index in [4.69, 9.17) is 5.26 Å². The highest BCUT2D eigenvalue weighted by molar-refractivity contribution is 5.76. The Morgan fingerprint density at radius 2 is 2.04 bits per heavy atom. The molecule has 0 aliphatic carbocycles. The molecule has 1 N–H and O–H groups in total. The average molecular weight is 395 g/mol. The van der Waals surface area contributed by atoms with Crippen LogP contribution in [0.3, 0.4) is 0 Å². The summed E-state index contributed by atoms with van der Waals surface area (Å²) in [6.07, 6.45) is -2.75. The van der Waals surface area contributed by atoms with Crippen LogP contribution in [-0.2, 0) is 11.0 Å². The Hall–Kier alpha value is -2.27. The number of amides is 1. The Kier molecular flexibility index (Phi) is 5.57. The maximum atomic E-state index is 13.2. The van der Waals surface area contributed by atoms with Crippen molar-refractivity contribution in [2.75, 3.05) is 37.7 Å². The quantitative estimate of drug-likeness (QED) is 0.854. The van der Waals surface area contributed by atoms with Gasteiger partial charge in [-0.25, -0.2) is 0 Å². The summed E-state index contributed by atoms with van der Waals surface area (Å²) in [6, 6.07) is 5.42. The zero-order chi connectivity index (χ0) is 20.5. The van der Waals surface area contributed by atoms with Gasteiger partial charge in [0.25, 0.3) is 0 Å². The lowest BCUT2D eigenvalue weighted by atomic mass is 9.71. The van der Waals surface area contributed by atoms with E-state index in [1.807, 2.05) is 11.8 Å². The molecule has 2 heterocycles.